The van der Waals surface area contributed by atoms with Crippen LogP contribution < -0.4 is 15.4 Å². The summed E-state index contributed by atoms with van der Waals surface area (Å²) < 4.78 is 10.2. The Morgan fingerprint density at radius 3 is 2.45 bits per heavy atom. The molecular formula is C22H21N3O4. The SMILES string of the molecule is CCOc1ccccc1NC(=O)c1cncc(Nc2ccc(C(=O)OC)cc2)c1. The molecule has 7 heteroatoms. The molecule has 0 unspecified atom stereocenters. The van der Waals surface area contributed by atoms with Gasteiger partial charge in [-0.1, -0.05) is 12.1 Å². The largest absolute Gasteiger partial charge is 0.492 e. The minimum atomic E-state index is -0.399. The Labute approximate surface area is 168 Å². The molecule has 2 aromatic carbocycles. The molecule has 1 heterocycles. The Hall–Kier alpha value is -3.87. The van der Waals surface area contributed by atoms with Crippen LogP contribution >= 0.6 is 0 Å². The van der Waals surface area contributed by atoms with Gasteiger partial charge in [0.25, 0.3) is 5.91 Å². The summed E-state index contributed by atoms with van der Waals surface area (Å²) in [6.07, 6.45) is 3.10. The molecule has 0 fully saturated rings. The summed E-state index contributed by atoms with van der Waals surface area (Å²) in [5.41, 5.74) is 2.83. The molecule has 29 heavy (non-hydrogen) atoms. The number of pyridine rings is 1. The third-order valence-corrected chi connectivity index (χ3v) is 4.03. The molecule has 0 aliphatic heterocycles. The number of para-hydroxylation sites is 2. The van der Waals surface area contributed by atoms with Crippen LogP contribution in [0.3, 0.4) is 0 Å². The summed E-state index contributed by atoms with van der Waals surface area (Å²) in [5.74, 6) is -0.0881. The lowest BCUT2D eigenvalue weighted by atomic mass is 10.2. The maximum atomic E-state index is 12.6. The van der Waals surface area contributed by atoms with Gasteiger partial charge in [0.15, 0.2) is 0 Å². The van der Waals surface area contributed by atoms with E-state index in [0.717, 1.165) is 5.69 Å². The quantitative estimate of drug-likeness (QED) is 0.585. The van der Waals surface area contributed by atoms with Crippen molar-refractivity contribution >= 4 is 28.9 Å². The van der Waals surface area contributed by atoms with Gasteiger partial charge < -0.3 is 20.1 Å². The molecule has 0 bridgehead atoms. The second-order valence-electron chi connectivity index (χ2n) is 6.04. The number of hydrogen-bond acceptors (Lipinski definition) is 6. The number of esters is 1. The van der Waals surface area contributed by atoms with Crippen LogP contribution in [0.5, 0.6) is 5.75 Å². The number of benzene rings is 2. The molecule has 0 spiro atoms. The van der Waals surface area contributed by atoms with E-state index in [1.807, 2.05) is 19.1 Å². The van der Waals surface area contributed by atoms with E-state index in [2.05, 4.69) is 20.4 Å². The van der Waals surface area contributed by atoms with Gasteiger partial charge in [-0.3, -0.25) is 9.78 Å². The van der Waals surface area contributed by atoms with Crippen molar-refractivity contribution in [2.45, 2.75) is 6.92 Å². The van der Waals surface area contributed by atoms with Gasteiger partial charge in [0.2, 0.25) is 0 Å². The van der Waals surface area contributed by atoms with Crippen molar-refractivity contribution in [2.24, 2.45) is 0 Å². The Kier molecular flexibility index (Phi) is 6.42. The maximum Gasteiger partial charge on any atom is 0.337 e. The van der Waals surface area contributed by atoms with Crippen LogP contribution in [0.4, 0.5) is 17.1 Å². The third-order valence-electron chi connectivity index (χ3n) is 4.03. The van der Waals surface area contributed by atoms with Crippen LogP contribution in [0.15, 0.2) is 67.0 Å². The second-order valence-corrected chi connectivity index (χ2v) is 6.04. The van der Waals surface area contributed by atoms with Crippen LogP contribution in [-0.2, 0) is 4.74 Å². The number of methoxy groups -OCH3 is 1. The smallest absolute Gasteiger partial charge is 0.337 e. The van der Waals surface area contributed by atoms with Crippen molar-refractivity contribution in [3.8, 4) is 5.75 Å². The number of aromatic nitrogens is 1. The molecule has 0 saturated carbocycles. The summed E-state index contributed by atoms with van der Waals surface area (Å²) in [4.78, 5) is 28.3. The van der Waals surface area contributed by atoms with Crippen molar-refractivity contribution < 1.29 is 19.1 Å². The normalized spacial score (nSPS) is 10.1. The fraction of sp³-hybridized carbons (Fsp3) is 0.136. The number of carbonyl (C=O) groups is 2. The van der Waals surface area contributed by atoms with Crippen LogP contribution in [0.25, 0.3) is 0 Å². The number of hydrogen-bond donors (Lipinski definition) is 2. The van der Waals surface area contributed by atoms with Gasteiger partial charge in [0.05, 0.1) is 42.4 Å². The predicted molar refractivity (Wildman–Crippen MR) is 111 cm³/mol. The first-order valence-electron chi connectivity index (χ1n) is 9.04. The molecule has 0 aliphatic rings. The molecule has 0 radical (unpaired) electrons. The van der Waals surface area contributed by atoms with E-state index in [4.69, 9.17) is 4.74 Å². The van der Waals surface area contributed by atoms with Crippen molar-refractivity contribution in [1.29, 1.82) is 0 Å². The average Bonchev–Trinajstić information content (AvgIpc) is 2.75. The number of amides is 1. The van der Waals surface area contributed by atoms with Gasteiger partial charge in [0.1, 0.15) is 5.75 Å². The minimum Gasteiger partial charge on any atom is -0.492 e. The van der Waals surface area contributed by atoms with E-state index in [9.17, 15) is 9.59 Å². The number of rotatable bonds is 7. The van der Waals surface area contributed by atoms with Crippen molar-refractivity contribution in [2.75, 3.05) is 24.4 Å². The highest BCUT2D eigenvalue weighted by Gasteiger charge is 2.11. The Balaban J connectivity index is 1.72. The van der Waals surface area contributed by atoms with E-state index in [1.165, 1.54) is 13.3 Å². The molecule has 3 aromatic rings. The van der Waals surface area contributed by atoms with Gasteiger partial charge in [-0.05, 0) is 49.4 Å². The maximum absolute atomic E-state index is 12.6. The summed E-state index contributed by atoms with van der Waals surface area (Å²) in [7, 11) is 1.34. The number of ether oxygens (including phenoxy) is 2. The van der Waals surface area contributed by atoms with Crippen LogP contribution in [0, 0.1) is 0 Å². The molecule has 1 aromatic heterocycles. The molecule has 2 N–H and O–H groups in total. The zero-order valence-electron chi connectivity index (χ0n) is 16.1. The molecule has 3 rings (SSSR count). The molecule has 1 amide bonds. The number of nitrogens with zero attached hydrogens (tertiary/aromatic N) is 1. The molecule has 148 valence electrons. The molecule has 0 aliphatic carbocycles. The van der Waals surface area contributed by atoms with Crippen molar-refractivity contribution in [3.05, 3.63) is 78.1 Å². The van der Waals surface area contributed by atoms with Crippen molar-refractivity contribution in [1.82, 2.24) is 4.98 Å². The van der Waals surface area contributed by atoms with Gasteiger partial charge >= 0.3 is 5.97 Å². The topological polar surface area (TPSA) is 89.5 Å². The summed E-state index contributed by atoms with van der Waals surface area (Å²) in [6, 6.07) is 15.7. The molecule has 7 nitrogen and oxygen atoms in total. The predicted octanol–water partition coefficient (Wildman–Crippen LogP) is 4.26. The first kappa shape index (κ1) is 19.9. The van der Waals surface area contributed by atoms with Gasteiger partial charge in [0, 0.05) is 11.9 Å². The summed E-state index contributed by atoms with van der Waals surface area (Å²) in [5, 5.41) is 6.01. The lowest BCUT2D eigenvalue weighted by molar-refractivity contribution is 0.0600. The zero-order chi connectivity index (χ0) is 20.6. The fourth-order valence-corrected chi connectivity index (χ4v) is 2.65. The molecule has 0 saturated heterocycles. The summed E-state index contributed by atoms with van der Waals surface area (Å²) in [6.45, 7) is 2.39. The lowest BCUT2D eigenvalue weighted by Crippen LogP contribution is -2.13. The van der Waals surface area contributed by atoms with Gasteiger partial charge in [-0.15, -0.1) is 0 Å². The van der Waals surface area contributed by atoms with E-state index >= 15 is 0 Å². The van der Waals surface area contributed by atoms with E-state index in [1.54, 1.807) is 48.7 Å². The molecule has 0 atom stereocenters. The summed E-state index contributed by atoms with van der Waals surface area (Å²) >= 11 is 0. The average molecular weight is 391 g/mol. The van der Waals surface area contributed by atoms with E-state index in [0.29, 0.717) is 34.9 Å². The van der Waals surface area contributed by atoms with Crippen LogP contribution in [-0.4, -0.2) is 30.6 Å². The number of nitrogens with one attached hydrogen (secondary N) is 2. The highest BCUT2D eigenvalue weighted by Crippen LogP contribution is 2.25. The first-order chi connectivity index (χ1) is 14.1. The Morgan fingerprint density at radius 2 is 1.72 bits per heavy atom. The standard InChI is InChI=1S/C22H21N3O4/c1-3-29-20-7-5-4-6-19(20)25-21(26)16-12-18(14-23-13-16)24-17-10-8-15(9-11-17)22(27)28-2/h4-14,24H,3H2,1-2H3,(H,25,26). The monoisotopic (exact) mass is 391 g/mol. The Bertz CT molecular complexity index is 1000. The fourth-order valence-electron chi connectivity index (χ4n) is 2.65. The van der Waals surface area contributed by atoms with E-state index in [-0.39, 0.29) is 5.91 Å². The molecular weight excluding hydrogens is 370 g/mol. The number of carbonyl (C=O) groups excluding carboxylic acids is 2. The zero-order valence-corrected chi connectivity index (χ0v) is 16.1. The highest BCUT2D eigenvalue weighted by molar-refractivity contribution is 6.05. The third kappa shape index (κ3) is 5.10. The minimum absolute atomic E-state index is 0.297. The van der Waals surface area contributed by atoms with Crippen molar-refractivity contribution in [3.63, 3.8) is 0 Å². The highest BCUT2D eigenvalue weighted by atomic mass is 16.5. The van der Waals surface area contributed by atoms with Gasteiger partial charge in [-0.25, -0.2) is 4.79 Å². The van der Waals surface area contributed by atoms with E-state index < -0.39 is 5.97 Å². The lowest BCUT2D eigenvalue weighted by Gasteiger charge is -2.12. The van der Waals surface area contributed by atoms with Gasteiger partial charge in [-0.2, -0.15) is 0 Å². The number of anilines is 3. The van der Waals surface area contributed by atoms with Crippen LogP contribution in [0.1, 0.15) is 27.6 Å². The second kappa shape index (κ2) is 9.36. The van der Waals surface area contributed by atoms with Crippen LogP contribution in [0.2, 0.25) is 0 Å². The Morgan fingerprint density at radius 1 is 0.966 bits per heavy atom. The first-order valence-corrected chi connectivity index (χ1v) is 9.04.